The summed E-state index contributed by atoms with van der Waals surface area (Å²) in [7, 11) is 0. The second-order valence-electron chi connectivity index (χ2n) is 4.17. The van der Waals surface area contributed by atoms with Crippen LogP contribution in [0.3, 0.4) is 0 Å². The number of Topliss-reactive ketones (excluding diaryl/α,β-unsaturated/α-hetero) is 1. The van der Waals surface area contributed by atoms with E-state index in [4.69, 9.17) is 0 Å². The molecule has 1 rings (SSSR count). The third-order valence-electron chi connectivity index (χ3n) is 2.39. The number of benzene rings is 1. The lowest BCUT2D eigenvalue weighted by molar-refractivity contribution is -0.120. The van der Waals surface area contributed by atoms with Crippen LogP contribution < -0.4 is 5.32 Å². The Morgan fingerprint density at radius 3 is 2.14 bits per heavy atom. The maximum absolute atomic E-state index is 11.3. The zero-order valence-electron chi connectivity index (χ0n) is 9.22. The number of aryl methyl sites for hydroxylation is 1. The molecule has 0 amide bonds. The molecule has 0 heterocycles. The van der Waals surface area contributed by atoms with Gasteiger partial charge in [0.15, 0.2) is 5.78 Å². The topological polar surface area (TPSA) is 29.1 Å². The Balaban J connectivity index is 2.79. The molecule has 1 aromatic rings. The first-order valence-corrected chi connectivity index (χ1v) is 4.78. The van der Waals surface area contributed by atoms with Gasteiger partial charge >= 0.3 is 0 Å². The fourth-order valence-corrected chi connectivity index (χ4v) is 1.09. The quantitative estimate of drug-likeness (QED) is 0.796. The standard InChI is InChI=1S/C12H17NO/c1-9-5-7-11(8-6-9)13-12(3,4)10(2)14/h5-8,13H,1-4H3. The third-order valence-corrected chi connectivity index (χ3v) is 2.39. The molecule has 0 saturated carbocycles. The predicted octanol–water partition coefficient (Wildman–Crippen LogP) is 2.77. The second kappa shape index (κ2) is 3.82. The summed E-state index contributed by atoms with van der Waals surface area (Å²) in [6.07, 6.45) is 0. The van der Waals surface area contributed by atoms with E-state index >= 15 is 0 Å². The van der Waals surface area contributed by atoms with Crippen molar-refractivity contribution in [2.75, 3.05) is 5.32 Å². The minimum absolute atomic E-state index is 0.137. The van der Waals surface area contributed by atoms with Gasteiger partial charge in [-0.05, 0) is 39.8 Å². The Kier molecular flexibility index (Phi) is 2.94. The molecule has 2 nitrogen and oxygen atoms in total. The van der Waals surface area contributed by atoms with Crippen molar-refractivity contribution >= 4 is 11.5 Å². The average molecular weight is 191 g/mol. The van der Waals surface area contributed by atoms with Gasteiger partial charge in [-0.3, -0.25) is 4.79 Å². The van der Waals surface area contributed by atoms with E-state index in [1.807, 2.05) is 45.0 Å². The smallest absolute Gasteiger partial charge is 0.154 e. The summed E-state index contributed by atoms with van der Waals surface area (Å²) in [6.45, 7) is 7.41. The molecule has 1 aromatic carbocycles. The van der Waals surface area contributed by atoms with Gasteiger partial charge in [0, 0.05) is 5.69 Å². The van der Waals surface area contributed by atoms with E-state index in [1.54, 1.807) is 6.92 Å². The summed E-state index contributed by atoms with van der Waals surface area (Å²) in [5.41, 5.74) is 1.71. The number of rotatable bonds is 3. The van der Waals surface area contributed by atoms with Gasteiger partial charge in [0.25, 0.3) is 0 Å². The van der Waals surface area contributed by atoms with Crippen LogP contribution in [-0.2, 0) is 4.79 Å². The highest BCUT2D eigenvalue weighted by Crippen LogP contribution is 2.16. The lowest BCUT2D eigenvalue weighted by Crippen LogP contribution is -2.38. The van der Waals surface area contributed by atoms with Gasteiger partial charge in [0.2, 0.25) is 0 Å². The van der Waals surface area contributed by atoms with Crippen molar-refractivity contribution in [1.29, 1.82) is 0 Å². The highest BCUT2D eigenvalue weighted by molar-refractivity contribution is 5.88. The van der Waals surface area contributed by atoms with Crippen LogP contribution in [0.5, 0.6) is 0 Å². The highest BCUT2D eigenvalue weighted by Gasteiger charge is 2.22. The molecular weight excluding hydrogens is 174 g/mol. The van der Waals surface area contributed by atoms with E-state index in [1.165, 1.54) is 5.56 Å². The molecule has 0 aliphatic carbocycles. The van der Waals surface area contributed by atoms with Crippen molar-refractivity contribution in [2.45, 2.75) is 33.2 Å². The van der Waals surface area contributed by atoms with Gasteiger partial charge in [-0.25, -0.2) is 0 Å². The molecule has 0 fully saturated rings. The van der Waals surface area contributed by atoms with Crippen molar-refractivity contribution in [1.82, 2.24) is 0 Å². The number of anilines is 1. The SMILES string of the molecule is CC(=O)C(C)(C)Nc1ccc(C)cc1. The molecule has 0 unspecified atom stereocenters. The van der Waals surface area contributed by atoms with Gasteiger partial charge in [0.05, 0.1) is 5.54 Å². The Bertz CT molecular complexity index is 325. The van der Waals surface area contributed by atoms with Crippen molar-refractivity contribution < 1.29 is 4.79 Å². The Hall–Kier alpha value is -1.31. The van der Waals surface area contributed by atoms with Crippen molar-refractivity contribution in [3.63, 3.8) is 0 Å². The van der Waals surface area contributed by atoms with E-state index in [2.05, 4.69) is 5.32 Å². The van der Waals surface area contributed by atoms with E-state index in [0.717, 1.165) is 5.69 Å². The molecule has 0 aliphatic rings. The zero-order chi connectivity index (χ0) is 10.8. The fourth-order valence-electron chi connectivity index (χ4n) is 1.09. The molecule has 0 atom stereocenters. The van der Waals surface area contributed by atoms with Crippen LogP contribution in [0.1, 0.15) is 26.3 Å². The summed E-state index contributed by atoms with van der Waals surface area (Å²) >= 11 is 0. The predicted molar refractivity (Wildman–Crippen MR) is 59.6 cm³/mol. The van der Waals surface area contributed by atoms with E-state index in [0.29, 0.717) is 0 Å². The molecule has 0 aromatic heterocycles. The summed E-state index contributed by atoms with van der Waals surface area (Å²) in [4.78, 5) is 11.3. The number of nitrogens with one attached hydrogen (secondary N) is 1. The van der Waals surface area contributed by atoms with Crippen molar-refractivity contribution in [3.8, 4) is 0 Å². The summed E-state index contributed by atoms with van der Waals surface area (Å²) in [5.74, 6) is 0.137. The summed E-state index contributed by atoms with van der Waals surface area (Å²) in [5, 5.41) is 3.20. The van der Waals surface area contributed by atoms with Gasteiger partial charge in [0.1, 0.15) is 0 Å². The minimum Gasteiger partial charge on any atom is -0.373 e. The molecular formula is C12H17NO. The first-order valence-electron chi connectivity index (χ1n) is 4.78. The zero-order valence-corrected chi connectivity index (χ0v) is 9.22. The lowest BCUT2D eigenvalue weighted by atomic mass is 10.00. The molecule has 0 radical (unpaired) electrons. The molecule has 0 spiro atoms. The van der Waals surface area contributed by atoms with Crippen LogP contribution in [0.2, 0.25) is 0 Å². The van der Waals surface area contributed by atoms with E-state index < -0.39 is 5.54 Å². The molecule has 1 N–H and O–H groups in total. The van der Waals surface area contributed by atoms with Crippen LogP contribution in [0.4, 0.5) is 5.69 Å². The van der Waals surface area contributed by atoms with Gasteiger partial charge < -0.3 is 5.32 Å². The van der Waals surface area contributed by atoms with Gasteiger partial charge in [-0.1, -0.05) is 17.7 Å². The largest absolute Gasteiger partial charge is 0.373 e. The molecule has 0 aliphatic heterocycles. The number of hydrogen-bond acceptors (Lipinski definition) is 2. The lowest BCUT2D eigenvalue weighted by Gasteiger charge is -2.24. The summed E-state index contributed by atoms with van der Waals surface area (Å²) < 4.78 is 0. The van der Waals surface area contributed by atoms with E-state index in [-0.39, 0.29) is 5.78 Å². The fraction of sp³-hybridized carbons (Fsp3) is 0.417. The maximum Gasteiger partial charge on any atom is 0.154 e. The normalized spacial score (nSPS) is 11.1. The first kappa shape index (κ1) is 10.8. The molecule has 14 heavy (non-hydrogen) atoms. The monoisotopic (exact) mass is 191 g/mol. The molecule has 0 saturated heterocycles. The molecule has 76 valence electrons. The van der Waals surface area contributed by atoms with Crippen LogP contribution in [0.15, 0.2) is 24.3 Å². The van der Waals surface area contributed by atoms with Crippen LogP contribution in [0, 0.1) is 6.92 Å². The third kappa shape index (κ3) is 2.59. The van der Waals surface area contributed by atoms with Crippen molar-refractivity contribution in [3.05, 3.63) is 29.8 Å². The number of carbonyl (C=O) groups excluding carboxylic acids is 1. The molecule has 0 bridgehead atoms. The average Bonchev–Trinajstić information content (AvgIpc) is 2.08. The number of ketones is 1. The Labute approximate surface area is 85.3 Å². The number of hydrogen-bond donors (Lipinski definition) is 1. The highest BCUT2D eigenvalue weighted by atomic mass is 16.1. The van der Waals surface area contributed by atoms with E-state index in [9.17, 15) is 4.79 Å². The Morgan fingerprint density at radius 1 is 1.21 bits per heavy atom. The van der Waals surface area contributed by atoms with Crippen LogP contribution >= 0.6 is 0 Å². The first-order chi connectivity index (χ1) is 6.42. The van der Waals surface area contributed by atoms with Crippen molar-refractivity contribution in [2.24, 2.45) is 0 Å². The van der Waals surface area contributed by atoms with Crippen LogP contribution in [0.25, 0.3) is 0 Å². The molecule has 2 heteroatoms. The maximum atomic E-state index is 11.3. The summed E-state index contributed by atoms with van der Waals surface area (Å²) in [6, 6.07) is 8.02. The van der Waals surface area contributed by atoms with Crippen LogP contribution in [-0.4, -0.2) is 11.3 Å². The Morgan fingerprint density at radius 2 is 1.71 bits per heavy atom. The van der Waals surface area contributed by atoms with Gasteiger partial charge in [-0.2, -0.15) is 0 Å². The minimum atomic E-state index is -0.491. The second-order valence-corrected chi connectivity index (χ2v) is 4.17. The number of carbonyl (C=O) groups is 1. The van der Waals surface area contributed by atoms with Gasteiger partial charge in [-0.15, -0.1) is 0 Å².